The van der Waals surface area contributed by atoms with Crippen LogP contribution < -0.4 is 10.3 Å². The summed E-state index contributed by atoms with van der Waals surface area (Å²) in [4.78, 5) is 25.2. The summed E-state index contributed by atoms with van der Waals surface area (Å²) in [6, 6.07) is 8.68. The number of halogens is 1. The molecule has 0 aliphatic heterocycles. The van der Waals surface area contributed by atoms with Gasteiger partial charge in [0.1, 0.15) is 5.15 Å². The first-order chi connectivity index (χ1) is 8.66. The smallest absolute Gasteiger partial charge is 0.303 e. The van der Waals surface area contributed by atoms with Gasteiger partial charge in [-0.2, -0.15) is 5.10 Å². The van der Waals surface area contributed by atoms with E-state index in [4.69, 9.17) is 11.6 Å². The highest BCUT2D eigenvalue weighted by Crippen LogP contribution is 2.11. The molecule has 0 atom stereocenters. The number of hydrogen-bond acceptors (Lipinski definition) is 4. The summed E-state index contributed by atoms with van der Waals surface area (Å²) in [5, 5.41) is 3.95. The Bertz CT molecular complexity index is 633. The minimum absolute atomic E-state index is 0.211. The molecule has 1 aromatic heterocycles. The summed E-state index contributed by atoms with van der Waals surface area (Å²) in [5.41, 5.74) is 2.85. The Labute approximate surface area is 111 Å². The van der Waals surface area contributed by atoms with Gasteiger partial charge in [0.15, 0.2) is 0 Å². The first kappa shape index (κ1) is 12.5. The van der Waals surface area contributed by atoms with Crippen LogP contribution in [0.2, 0.25) is 5.15 Å². The minimum Gasteiger partial charge on any atom is -0.303 e. The quantitative estimate of drug-likeness (QED) is 0.665. The molecule has 0 aliphatic rings. The third-order valence-electron chi connectivity index (χ3n) is 2.01. The number of hydrazone groups is 1. The number of benzene rings is 1. The summed E-state index contributed by atoms with van der Waals surface area (Å²) in [7, 11) is 0. The molecular weight excluding hydrogens is 274 g/mol. The molecule has 0 fully saturated rings. The zero-order chi connectivity index (χ0) is 13.0. The van der Waals surface area contributed by atoms with Gasteiger partial charge in [0.05, 0.1) is 11.1 Å². The van der Waals surface area contributed by atoms with Crippen molar-refractivity contribution in [3.63, 3.8) is 0 Å². The summed E-state index contributed by atoms with van der Waals surface area (Å²) in [6.45, 7) is 0. The van der Waals surface area contributed by atoms with Crippen LogP contribution in [0.5, 0.6) is 0 Å². The molecule has 0 bridgehead atoms. The van der Waals surface area contributed by atoms with Crippen LogP contribution in [-0.4, -0.2) is 17.1 Å². The van der Waals surface area contributed by atoms with E-state index >= 15 is 0 Å². The number of amides is 1. The fraction of sp³-hybridized carbons (Fsp3) is 0. The number of carbonyl (C=O) groups is 1. The van der Waals surface area contributed by atoms with Crippen LogP contribution in [-0.2, 0) is 0 Å². The summed E-state index contributed by atoms with van der Waals surface area (Å²) in [5.74, 6) is -0.328. The molecule has 1 amide bonds. The van der Waals surface area contributed by atoms with E-state index in [1.165, 1.54) is 6.21 Å². The highest BCUT2D eigenvalue weighted by molar-refractivity contribution is 7.11. The van der Waals surface area contributed by atoms with E-state index in [2.05, 4.69) is 15.5 Å². The monoisotopic (exact) mass is 281 g/mol. The second-order valence-electron chi connectivity index (χ2n) is 3.26. The van der Waals surface area contributed by atoms with Crippen LogP contribution in [0.3, 0.4) is 0 Å². The number of H-pyrrole nitrogens is 1. The molecular formula is C11H8ClN3O2S. The van der Waals surface area contributed by atoms with Crippen molar-refractivity contribution in [3.8, 4) is 0 Å². The number of rotatable bonds is 3. The van der Waals surface area contributed by atoms with Gasteiger partial charge in [0.25, 0.3) is 5.91 Å². The topological polar surface area (TPSA) is 74.3 Å². The van der Waals surface area contributed by atoms with Crippen molar-refractivity contribution in [2.45, 2.75) is 0 Å². The molecule has 1 aromatic carbocycles. The Morgan fingerprint density at radius 1 is 1.39 bits per heavy atom. The Kier molecular flexibility index (Phi) is 3.91. The van der Waals surface area contributed by atoms with Crippen molar-refractivity contribution in [2.24, 2.45) is 5.10 Å². The van der Waals surface area contributed by atoms with Crippen molar-refractivity contribution < 1.29 is 4.79 Å². The Balaban J connectivity index is 2.02. The molecule has 0 unspecified atom stereocenters. The van der Waals surface area contributed by atoms with Gasteiger partial charge in [-0.3, -0.25) is 9.59 Å². The number of aromatic nitrogens is 1. The maximum absolute atomic E-state index is 11.6. The SMILES string of the molecule is O=C(NN=Cc1sc(=O)[nH]c1Cl)c1ccccc1. The van der Waals surface area contributed by atoms with Crippen molar-refractivity contribution in [2.75, 3.05) is 0 Å². The number of nitrogens with one attached hydrogen (secondary N) is 2. The highest BCUT2D eigenvalue weighted by atomic mass is 35.5. The van der Waals surface area contributed by atoms with E-state index in [0.717, 1.165) is 11.3 Å². The molecule has 2 rings (SSSR count). The Morgan fingerprint density at radius 2 is 2.11 bits per heavy atom. The molecule has 18 heavy (non-hydrogen) atoms. The number of carbonyl (C=O) groups excluding carboxylic acids is 1. The molecule has 92 valence electrons. The van der Waals surface area contributed by atoms with Crippen LogP contribution in [0.1, 0.15) is 15.2 Å². The van der Waals surface area contributed by atoms with Gasteiger partial charge in [-0.15, -0.1) is 0 Å². The van der Waals surface area contributed by atoms with E-state index in [1.807, 2.05) is 6.07 Å². The molecule has 5 nitrogen and oxygen atoms in total. The third kappa shape index (κ3) is 3.06. The second kappa shape index (κ2) is 5.61. The molecule has 0 aliphatic carbocycles. The molecule has 0 radical (unpaired) electrons. The highest BCUT2D eigenvalue weighted by Gasteiger charge is 2.04. The van der Waals surface area contributed by atoms with E-state index in [1.54, 1.807) is 24.3 Å². The fourth-order valence-corrected chi connectivity index (χ4v) is 2.11. The zero-order valence-electron chi connectivity index (χ0n) is 9.01. The molecule has 7 heteroatoms. The first-order valence-electron chi connectivity index (χ1n) is 4.94. The van der Waals surface area contributed by atoms with Crippen LogP contribution >= 0.6 is 22.9 Å². The van der Waals surface area contributed by atoms with Crippen LogP contribution in [0.15, 0.2) is 40.2 Å². The molecule has 2 N–H and O–H groups in total. The lowest BCUT2D eigenvalue weighted by molar-refractivity contribution is 0.0955. The van der Waals surface area contributed by atoms with Gasteiger partial charge in [0, 0.05) is 5.56 Å². The minimum atomic E-state index is -0.328. The first-order valence-corrected chi connectivity index (χ1v) is 6.13. The number of nitrogens with zero attached hydrogens (tertiary/aromatic N) is 1. The van der Waals surface area contributed by atoms with Gasteiger partial charge < -0.3 is 4.98 Å². The number of hydrogen-bond donors (Lipinski definition) is 2. The number of aromatic amines is 1. The third-order valence-corrected chi connectivity index (χ3v) is 3.24. The summed E-state index contributed by atoms with van der Waals surface area (Å²) < 4.78 is 0. The van der Waals surface area contributed by atoms with E-state index in [9.17, 15) is 9.59 Å². The normalized spacial score (nSPS) is 10.7. The fourth-order valence-electron chi connectivity index (χ4n) is 1.21. The average molecular weight is 282 g/mol. The lowest BCUT2D eigenvalue weighted by Gasteiger charge is -1.97. The van der Waals surface area contributed by atoms with Crippen molar-refractivity contribution >= 4 is 35.1 Å². The van der Waals surface area contributed by atoms with Gasteiger partial charge in [0.2, 0.25) is 0 Å². The predicted molar refractivity (Wildman–Crippen MR) is 71.5 cm³/mol. The molecule has 1 heterocycles. The standard InChI is InChI=1S/C11H8ClN3O2S/c12-9-8(18-11(17)14-9)6-13-15-10(16)7-4-2-1-3-5-7/h1-6H,(H,14,17)(H,15,16). The Hall–Kier alpha value is -1.92. The average Bonchev–Trinajstić information content (AvgIpc) is 2.69. The van der Waals surface area contributed by atoms with E-state index in [-0.39, 0.29) is 15.9 Å². The summed E-state index contributed by atoms with van der Waals surface area (Å²) in [6.07, 6.45) is 1.33. The van der Waals surface area contributed by atoms with Gasteiger partial charge in [-0.05, 0) is 12.1 Å². The zero-order valence-corrected chi connectivity index (χ0v) is 10.6. The molecule has 0 saturated heterocycles. The van der Waals surface area contributed by atoms with Gasteiger partial charge in [-0.1, -0.05) is 41.1 Å². The predicted octanol–water partition coefficient (Wildman–Crippen LogP) is 1.85. The Morgan fingerprint density at radius 3 is 2.72 bits per heavy atom. The number of thiazole rings is 1. The van der Waals surface area contributed by atoms with E-state index < -0.39 is 0 Å². The van der Waals surface area contributed by atoms with E-state index in [0.29, 0.717) is 10.4 Å². The van der Waals surface area contributed by atoms with Gasteiger partial charge >= 0.3 is 4.87 Å². The van der Waals surface area contributed by atoms with Crippen LogP contribution in [0, 0.1) is 0 Å². The second-order valence-corrected chi connectivity index (χ2v) is 4.65. The molecule has 0 spiro atoms. The van der Waals surface area contributed by atoms with Crippen molar-refractivity contribution in [1.29, 1.82) is 0 Å². The maximum Gasteiger partial charge on any atom is 0.306 e. The molecule has 0 saturated carbocycles. The largest absolute Gasteiger partial charge is 0.306 e. The lowest BCUT2D eigenvalue weighted by Crippen LogP contribution is -2.17. The van der Waals surface area contributed by atoms with Crippen LogP contribution in [0.25, 0.3) is 0 Å². The summed E-state index contributed by atoms with van der Waals surface area (Å²) >= 11 is 6.65. The van der Waals surface area contributed by atoms with Crippen LogP contribution in [0.4, 0.5) is 0 Å². The van der Waals surface area contributed by atoms with Crippen molar-refractivity contribution in [1.82, 2.24) is 10.4 Å². The lowest BCUT2D eigenvalue weighted by atomic mass is 10.2. The maximum atomic E-state index is 11.6. The van der Waals surface area contributed by atoms with Gasteiger partial charge in [-0.25, -0.2) is 5.43 Å². The van der Waals surface area contributed by atoms with Crippen molar-refractivity contribution in [3.05, 3.63) is 55.6 Å². The molecule has 2 aromatic rings.